The predicted molar refractivity (Wildman–Crippen MR) is 48.5 cm³/mol. The maximum atomic E-state index is 12.3. The Balaban J connectivity index is 2.27. The van der Waals surface area contributed by atoms with Crippen molar-refractivity contribution in [2.45, 2.75) is 25.6 Å². The molecule has 3 nitrogen and oxygen atoms in total. The monoisotopic (exact) mass is 217 g/mol. The second-order valence-corrected chi connectivity index (χ2v) is 3.57. The summed E-state index contributed by atoms with van der Waals surface area (Å²) in [4.78, 5) is 9.11. The van der Waals surface area contributed by atoms with Gasteiger partial charge in [0.1, 0.15) is 5.69 Å². The molecule has 0 aliphatic carbocycles. The van der Waals surface area contributed by atoms with Gasteiger partial charge in [0.25, 0.3) is 0 Å². The van der Waals surface area contributed by atoms with Gasteiger partial charge in [-0.1, -0.05) is 0 Å². The van der Waals surface area contributed by atoms with E-state index in [1.807, 2.05) is 6.92 Å². The molecule has 2 rings (SSSR count). The van der Waals surface area contributed by atoms with Crippen molar-refractivity contribution < 1.29 is 13.2 Å². The lowest BCUT2D eigenvalue weighted by Gasteiger charge is -2.38. The first-order chi connectivity index (χ1) is 6.98. The molecule has 1 fully saturated rings. The first kappa shape index (κ1) is 10.2. The summed E-state index contributed by atoms with van der Waals surface area (Å²) in [5, 5.41) is 0. The molecule has 2 heterocycles. The molecule has 15 heavy (non-hydrogen) atoms. The van der Waals surface area contributed by atoms with E-state index in [1.54, 1.807) is 4.90 Å². The maximum Gasteiger partial charge on any atom is 0.433 e. The van der Waals surface area contributed by atoms with Gasteiger partial charge in [-0.2, -0.15) is 13.2 Å². The van der Waals surface area contributed by atoms with E-state index in [4.69, 9.17) is 0 Å². The normalized spacial score (nSPS) is 21.3. The van der Waals surface area contributed by atoms with Crippen molar-refractivity contribution >= 4 is 5.95 Å². The third kappa shape index (κ3) is 1.88. The lowest BCUT2D eigenvalue weighted by atomic mass is 10.1. The highest BCUT2D eigenvalue weighted by atomic mass is 19.4. The molecular weight excluding hydrogens is 207 g/mol. The van der Waals surface area contributed by atoms with Crippen LogP contribution in [-0.2, 0) is 6.18 Å². The van der Waals surface area contributed by atoms with Crippen LogP contribution in [0.2, 0.25) is 0 Å². The van der Waals surface area contributed by atoms with Crippen molar-refractivity contribution in [2.24, 2.45) is 0 Å². The van der Waals surface area contributed by atoms with Crippen molar-refractivity contribution in [3.8, 4) is 0 Å². The van der Waals surface area contributed by atoms with Crippen molar-refractivity contribution in [3.63, 3.8) is 0 Å². The molecule has 0 N–H and O–H groups in total. The Morgan fingerprint density at radius 2 is 2.20 bits per heavy atom. The van der Waals surface area contributed by atoms with E-state index in [9.17, 15) is 13.2 Å². The molecule has 0 unspecified atom stereocenters. The standard InChI is InChI=1S/C9H10F3N3/c1-6-3-5-15(6)8-13-4-2-7(14-8)9(10,11)12/h2,4,6H,3,5H2,1H3/t6-/m0/s1. The summed E-state index contributed by atoms with van der Waals surface area (Å²) in [6.07, 6.45) is -2.28. The van der Waals surface area contributed by atoms with Gasteiger partial charge in [0, 0.05) is 18.8 Å². The van der Waals surface area contributed by atoms with Crippen LogP contribution in [0.1, 0.15) is 19.0 Å². The van der Waals surface area contributed by atoms with Crippen LogP contribution in [0.5, 0.6) is 0 Å². The molecule has 1 atom stereocenters. The van der Waals surface area contributed by atoms with E-state index in [2.05, 4.69) is 9.97 Å². The Labute approximate surface area is 84.9 Å². The van der Waals surface area contributed by atoms with Crippen molar-refractivity contribution in [1.82, 2.24) is 9.97 Å². The highest BCUT2D eigenvalue weighted by Crippen LogP contribution is 2.29. The van der Waals surface area contributed by atoms with Gasteiger partial charge in [-0.05, 0) is 19.4 Å². The minimum Gasteiger partial charge on any atom is -0.338 e. The van der Waals surface area contributed by atoms with Gasteiger partial charge in [0.15, 0.2) is 0 Å². The third-order valence-corrected chi connectivity index (χ3v) is 2.51. The van der Waals surface area contributed by atoms with Crippen LogP contribution in [0.25, 0.3) is 0 Å². The Hall–Kier alpha value is -1.33. The summed E-state index contributed by atoms with van der Waals surface area (Å²) in [5.41, 5.74) is -0.883. The third-order valence-electron chi connectivity index (χ3n) is 2.51. The van der Waals surface area contributed by atoms with Crippen molar-refractivity contribution in [2.75, 3.05) is 11.4 Å². The minimum atomic E-state index is -4.40. The van der Waals surface area contributed by atoms with Gasteiger partial charge in [0.2, 0.25) is 5.95 Å². The number of halogens is 3. The first-order valence-corrected chi connectivity index (χ1v) is 4.65. The molecule has 6 heteroatoms. The molecule has 0 saturated carbocycles. The molecule has 1 aromatic heterocycles. The zero-order chi connectivity index (χ0) is 11.1. The number of rotatable bonds is 1. The fraction of sp³-hybridized carbons (Fsp3) is 0.556. The molecule has 1 aliphatic rings. The van der Waals surface area contributed by atoms with Crippen LogP contribution >= 0.6 is 0 Å². The predicted octanol–water partition coefficient (Wildman–Crippen LogP) is 2.09. The summed E-state index contributed by atoms with van der Waals surface area (Å²) in [7, 11) is 0. The highest BCUT2D eigenvalue weighted by Gasteiger charge is 2.34. The summed E-state index contributed by atoms with van der Waals surface area (Å²) in [5.74, 6) is 0.170. The Bertz CT molecular complexity index is 364. The fourth-order valence-electron chi connectivity index (χ4n) is 1.46. The average Bonchev–Trinajstić information content (AvgIpc) is 2.15. The van der Waals surface area contributed by atoms with E-state index in [0.717, 1.165) is 25.2 Å². The summed E-state index contributed by atoms with van der Waals surface area (Å²) in [6.45, 7) is 2.66. The quantitative estimate of drug-likeness (QED) is 0.721. The molecule has 82 valence electrons. The average molecular weight is 217 g/mol. The van der Waals surface area contributed by atoms with Crippen molar-refractivity contribution in [3.05, 3.63) is 18.0 Å². The first-order valence-electron chi connectivity index (χ1n) is 4.65. The van der Waals surface area contributed by atoms with Gasteiger partial charge >= 0.3 is 6.18 Å². The molecule has 1 aromatic rings. The summed E-state index contributed by atoms with van der Waals surface area (Å²) in [6, 6.07) is 1.11. The van der Waals surface area contributed by atoms with Gasteiger partial charge in [-0.25, -0.2) is 9.97 Å². The summed E-state index contributed by atoms with van der Waals surface area (Å²) >= 11 is 0. The molecule has 0 amide bonds. The number of alkyl halides is 3. The van der Waals surface area contributed by atoms with E-state index in [-0.39, 0.29) is 12.0 Å². The molecule has 0 radical (unpaired) electrons. The van der Waals surface area contributed by atoms with Gasteiger partial charge in [0.05, 0.1) is 0 Å². The molecule has 1 saturated heterocycles. The topological polar surface area (TPSA) is 29.0 Å². The largest absolute Gasteiger partial charge is 0.433 e. The van der Waals surface area contributed by atoms with E-state index < -0.39 is 11.9 Å². The molecule has 0 aromatic carbocycles. The fourth-order valence-corrected chi connectivity index (χ4v) is 1.46. The number of hydrogen-bond acceptors (Lipinski definition) is 3. The van der Waals surface area contributed by atoms with Gasteiger partial charge < -0.3 is 4.90 Å². The molecule has 0 spiro atoms. The number of aromatic nitrogens is 2. The number of anilines is 1. The highest BCUT2D eigenvalue weighted by molar-refractivity contribution is 5.35. The van der Waals surface area contributed by atoms with E-state index in [1.165, 1.54) is 0 Å². The molecule has 0 bridgehead atoms. The Morgan fingerprint density at radius 3 is 2.67 bits per heavy atom. The molecular formula is C9H10F3N3. The van der Waals surface area contributed by atoms with Crippen LogP contribution < -0.4 is 4.90 Å². The number of nitrogens with zero attached hydrogens (tertiary/aromatic N) is 3. The van der Waals surface area contributed by atoms with Crippen LogP contribution in [-0.4, -0.2) is 22.6 Å². The van der Waals surface area contributed by atoms with Gasteiger partial charge in [-0.3, -0.25) is 0 Å². The van der Waals surface area contributed by atoms with Gasteiger partial charge in [-0.15, -0.1) is 0 Å². The van der Waals surface area contributed by atoms with Crippen molar-refractivity contribution in [1.29, 1.82) is 0 Å². The number of hydrogen-bond donors (Lipinski definition) is 0. The summed E-state index contributed by atoms with van der Waals surface area (Å²) < 4.78 is 37.0. The van der Waals surface area contributed by atoms with E-state index in [0.29, 0.717) is 0 Å². The zero-order valence-corrected chi connectivity index (χ0v) is 8.12. The lowest BCUT2D eigenvalue weighted by Crippen LogP contribution is -2.46. The maximum absolute atomic E-state index is 12.3. The van der Waals surface area contributed by atoms with Crippen LogP contribution in [0.3, 0.4) is 0 Å². The lowest BCUT2D eigenvalue weighted by molar-refractivity contribution is -0.141. The SMILES string of the molecule is C[C@H]1CCN1c1nccc(C(F)(F)F)n1. The van der Waals surface area contributed by atoms with Crippen LogP contribution in [0.15, 0.2) is 12.3 Å². The van der Waals surface area contributed by atoms with E-state index >= 15 is 0 Å². The minimum absolute atomic E-state index is 0.170. The molecule has 1 aliphatic heterocycles. The smallest absolute Gasteiger partial charge is 0.338 e. The Kier molecular flexibility index (Phi) is 2.28. The van der Waals surface area contributed by atoms with Crippen LogP contribution in [0, 0.1) is 0 Å². The second kappa shape index (κ2) is 3.36. The van der Waals surface area contributed by atoms with Crippen LogP contribution in [0.4, 0.5) is 19.1 Å². The zero-order valence-electron chi connectivity index (χ0n) is 8.12. The Morgan fingerprint density at radius 1 is 1.47 bits per heavy atom. The second-order valence-electron chi connectivity index (χ2n) is 3.57.